The number of nitrogens with one attached hydrogen (secondary N) is 1. The van der Waals surface area contributed by atoms with Gasteiger partial charge in [0.15, 0.2) is 0 Å². The summed E-state index contributed by atoms with van der Waals surface area (Å²) in [5.74, 6) is -0.565. The average molecular weight is 305 g/mol. The number of carbonyl (C=O) groups excluding carboxylic acids is 2. The van der Waals surface area contributed by atoms with Gasteiger partial charge < -0.3 is 10.2 Å². The molecule has 0 aliphatic carbocycles. The summed E-state index contributed by atoms with van der Waals surface area (Å²) in [4.78, 5) is 26.0. The van der Waals surface area contributed by atoms with E-state index >= 15 is 0 Å². The molecule has 1 aliphatic heterocycles. The van der Waals surface area contributed by atoms with Crippen LogP contribution in [0.25, 0.3) is 0 Å². The average Bonchev–Trinajstić information content (AvgIpc) is 2.99. The second-order valence-corrected chi connectivity index (χ2v) is 5.34. The first-order valence-electron chi connectivity index (χ1n) is 7.35. The minimum Gasteiger partial charge on any atom is -0.326 e. The molecule has 2 aromatic carbocycles. The SMILES string of the molecule is N#Cc1ccc(NC(=O)CC(=O)N2CCc3ccccc32)cc1. The number of benzene rings is 2. The summed E-state index contributed by atoms with van der Waals surface area (Å²) in [6.07, 6.45) is 0.619. The Morgan fingerprint density at radius 3 is 2.61 bits per heavy atom. The Morgan fingerprint density at radius 1 is 1.13 bits per heavy atom. The molecule has 1 aliphatic rings. The van der Waals surface area contributed by atoms with Gasteiger partial charge in [0.25, 0.3) is 0 Å². The van der Waals surface area contributed by atoms with Crippen LogP contribution < -0.4 is 10.2 Å². The lowest BCUT2D eigenvalue weighted by molar-refractivity contribution is -0.125. The lowest BCUT2D eigenvalue weighted by Gasteiger charge is -2.17. The van der Waals surface area contributed by atoms with Crippen LogP contribution in [0.2, 0.25) is 0 Å². The Bertz CT molecular complexity index is 791. The maximum Gasteiger partial charge on any atom is 0.236 e. The topological polar surface area (TPSA) is 73.2 Å². The molecule has 114 valence electrons. The number of hydrogen-bond donors (Lipinski definition) is 1. The summed E-state index contributed by atoms with van der Waals surface area (Å²) in [5, 5.41) is 11.4. The zero-order valence-electron chi connectivity index (χ0n) is 12.5. The number of nitrogens with zero attached hydrogens (tertiary/aromatic N) is 2. The summed E-state index contributed by atoms with van der Waals surface area (Å²) in [7, 11) is 0. The zero-order valence-corrected chi connectivity index (χ0v) is 12.5. The van der Waals surface area contributed by atoms with Gasteiger partial charge in [0.05, 0.1) is 11.6 Å². The van der Waals surface area contributed by atoms with Crippen molar-refractivity contribution in [2.24, 2.45) is 0 Å². The fourth-order valence-electron chi connectivity index (χ4n) is 2.66. The van der Waals surface area contributed by atoms with Crippen molar-refractivity contribution in [2.45, 2.75) is 12.8 Å². The van der Waals surface area contributed by atoms with Gasteiger partial charge in [-0.3, -0.25) is 9.59 Å². The van der Waals surface area contributed by atoms with E-state index in [1.165, 1.54) is 0 Å². The van der Waals surface area contributed by atoms with Gasteiger partial charge in [0.2, 0.25) is 11.8 Å². The quantitative estimate of drug-likeness (QED) is 0.885. The highest BCUT2D eigenvalue weighted by Crippen LogP contribution is 2.27. The summed E-state index contributed by atoms with van der Waals surface area (Å²) >= 11 is 0. The van der Waals surface area contributed by atoms with E-state index in [4.69, 9.17) is 5.26 Å². The molecule has 5 nitrogen and oxygen atoms in total. The van der Waals surface area contributed by atoms with Gasteiger partial charge in [-0.1, -0.05) is 18.2 Å². The van der Waals surface area contributed by atoms with Crippen LogP contribution in [0.1, 0.15) is 17.5 Å². The van der Waals surface area contributed by atoms with Gasteiger partial charge in [-0.2, -0.15) is 5.26 Å². The highest BCUT2D eigenvalue weighted by Gasteiger charge is 2.25. The second-order valence-electron chi connectivity index (χ2n) is 5.34. The molecule has 3 rings (SSSR count). The predicted octanol–water partition coefficient (Wildman–Crippen LogP) is 2.48. The summed E-state index contributed by atoms with van der Waals surface area (Å²) in [5.41, 5.74) is 3.12. The van der Waals surface area contributed by atoms with Crippen LogP contribution in [0.5, 0.6) is 0 Å². The van der Waals surface area contributed by atoms with E-state index in [1.54, 1.807) is 29.2 Å². The standard InChI is InChI=1S/C18H15N3O2/c19-12-13-5-7-15(8-6-13)20-17(22)11-18(23)21-10-9-14-3-1-2-4-16(14)21/h1-8H,9-11H2,(H,20,22). The molecular formula is C18H15N3O2. The van der Waals surface area contributed by atoms with Crippen LogP contribution in [0.4, 0.5) is 11.4 Å². The second kappa shape index (κ2) is 6.32. The zero-order chi connectivity index (χ0) is 16.2. The number of para-hydroxylation sites is 1. The van der Waals surface area contributed by atoms with Crippen molar-refractivity contribution in [2.75, 3.05) is 16.8 Å². The number of hydrogen-bond acceptors (Lipinski definition) is 3. The molecule has 0 aromatic heterocycles. The molecule has 2 aromatic rings. The monoisotopic (exact) mass is 305 g/mol. The molecule has 0 atom stereocenters. The smallest absolute Gasteiger partial charge is 0.236 e. The number of amides is 2. The predicted molar refractivity (Wildman–Crippen MR) is 86.9 cm³/mol. The minimum atomic E-state index is -0.357. The third-order valence-corrected chi connectivity index (χ3v) is 3.80. The first-order chi connectivity index (χ1) is 11.2. The van der Waals surface area contributed by atoms with Crippen LogP contribution in [0, 0.1) is 11.3 Å². The molecule has 2 amide bonds. The molecule has 0 spiro atoms. The van der Waals surface area contributed by atoms with Crippen LogP contribution in [0.3, 0.4) is 0 Å². The van der Waals surface area contributed by atoms with Gasteiger partial charge in [0.1, 0.15) is 6.42 Å². The highest BCUT2D eigenvalue weighted by molar-refractivity contribution is 6.09. The lowest BCUT2D eigenvalue weighted by Crippen LogP contribution is -2.32. The van der Waals surface area contributed by atoms with Crippen molar-refractivity contribution < 1.29 is 9.59 Å². The van der Waals surface area contributed by atoms with Crippen molar-refractivity contribution in [3.05, 3.63) is 59.7 Å². The van der Waals surface area contributed by atoms with Gasteiger partial charge in [-0.15, -0.1) is 0 Å². The Balaban J connectivity index is 1.62. The molecule has 5 heteroatoms. The van der Waals surface area contributed by atoms with E-state index in [0.717, 1.165) is 17.7 Å². The van der Waals surface area contributed by atoms with Crippen LogP contribution >= 0.6 is 0 Å². The maximum atomic E-state index is 12.3. The Kier molecular flexibility index (Phi) is 4.07. The van der Waals surface area contributed by atoms with Gasteiger partial charge >= 0.3 is 0 Å². The largest absolute Gasteiger partial charge is 0.326 e. The third kappa shape index (κ3) is 3.22. The molecule has 1 heterocycles. The van der Waals surface area contributed by atoms with E-state index in [1.807, 2.05) is 30.3 Å². The van der Waals surface area contributed by atoms with Gasteiger partial charge in [0, 0.05) is 17.9 Å². The third-order valence-electron chi connectivity index (χ3n) is 3.80. The summed E-state index contributed by atoms with van der Waals surface area (Å²) in [6.45, 7) is 0.613. The molecule has 0 unspecified atom stereocenters. The Hall–Kier alpha value is -3.13. The van der Waals surface area contributed by atoms with Crippen molar-refractivity contribution in [3.8, 4) is 6.07 Å². The molecule has 0 fully saturated rings. The van der Waals surface area contributed by atoms with Crippen molar-refractivity contribution >= 4 is 23.2 Å². The lowest BCUT2D eigenvalue weighted by atomic mass is 10.2. The first-order valence-corrected chi connectivity index (χ1v) is 7.35. The molecule has 0 bridgehead atoms. The van der Waals surface area contributed by atoms with Gasteiger partial charge in [-0.25, -0.2) is 0 Å². The maximum absolute atomic E-state index is 12.3. The Morgan fingerprint density at radius 2 is 1.87 bits per heavy atom. The summed E-state index contributed by atoms with van der Waals surface area (Å²) in [6, 6.07) is 16.3. The van der Waals surface area contributed by atoms with Crippen molar-refractivity contribution in [1.29, 1.82) is 5.26 Å². The fourth-order valence-corrected chi connectivity index (χ4v) is 2.66. The van der Waals surface area contributed by atoms with Gasteiger partial charge in [-0.05, 0) is 42.3 Å². The number of rotatable bonds is 3. The van der Waals surface area contributed by atoms with E-state index < -0.39 is 0 Å². The number of nitriles is 1. The normalized spacial score (nSPS) is 12.4. The molecule has 23 heavy (non-hydrogen) atoms. The van der Waals surface area contributed by atoms with E-state index in [-0.39, 0.29) is 18.2 Å². The van der Waals surface area contributed by atoms with Crippen LogP contribution in [0.15, 0.2) is 48.5 Å². The molecular weight excluding hydrogens is 290 g/mol. The van der Waals surface area contributed by atoms with E-state index in [9.17, 15) is 9.59 Å². The number of anilines is 2. The minimum absolute atomic E-state index is 0.200. The molecule has 1 N–H and O–H groups in total. The fraction of sp³-hybridized carbons (Fsp3) is 0.167. The van der Waals surface area contributed by atoms with Crippen molar-refractivity contribution in [3.63, 3.8) is 0 Å². The molecule has 0 radical (unpaired) electrons. The van der Waals surface area contributed by atoms with E-state index in [0.29, 0.717) is 17.8 Å². The van der Waals surface area contributed by atoms with Crippen LogP contribution in [-0.4, -0.2) is 18.4 Å². The molecule has 0 saturated carbocycles. The molecule has 0 saturated heterocycles. The number of fused-ring (bicyclic) bond motifs is 1. The van der Waals surface area contributed by atoms with E-state index in [2.05, 4.69) is 5.32 Å². The highest BCUT2D eigenvalue weighted by atomic mass is 16.2. The van der Waals surface area contributed by atoms with Crippen molar-refractivity contribution in [1.82, 2.24) is 0 Å². The van der Waals surface area contributed by atoms with Crippen LogP contribution in [-0.2, 0) is 16.0 Å². The first kappa shape index (κ1) is 14.8. The summed E-state index contributed by atoms with van der Waals surface area (Å²) < 4.78 is 0. The Labute approximate surface area is 134 Å². The number of carbonyl (C=O) groups is 2.